The Morgan fingerprint density at radius 1 is 1.18 bits per heavy atom. The number of nitrogens with zero attached hydrogens (tertiary/aromatic N) is 1. The predicted molar refractivity (Wildman–Crippen MR) is 91.2 cm³/mol. The van der Waals surface area contributed by atoms with E-state index in [1.807, 2.05) is 0 Å². The molecule has 2 aliphatic heterocycles. The minimum absolute atomic E-state index is 0.0573. The number of rotatable bonds is 2. The fourth-order valence-corrected chi connectivity index (χ4v) is 4.00. The second-order valence-corrected chi connectivity index (χ2v) is 7.55. The second-order valence-electron chi connectivity index (χ2n) is 7.55. The van der Waals surface area contributed by atoms with E-state index in [0.29, 0.717) is 5.92 Å². The van der Waals surface area contributed by atoms with Gasteiger partial charge in [-0.2, -0.15) is 0 Å². The van der Waals surface area contributed by atoms with E-state index in [2.05, 4.69) is 43.9 Å². The highest BCUT2D eigenvalue weighted by atomic mass is 16.5. The highest BCUT2D eigenvalue weighted by Crippen LogP contribution is 2.44. The summed E-state index contributed by atoms with van der Waals surface area (Å²) in [6.07, 6.45) is 5.38. The van der Waals surface area contributed by atoms with Gasteiger partial charge in [0.25, 0.3) is 0 Å². The van der Waals surface area contributed by atoms with Crippen LogP contribution in [0.1, 0.15) is 56.7 Å². The summed E-state index contributed by atoms with van der Waals surface area (Å²) in [5.74, 6) is 1.34. The lowest BCUT2D eigenvalue weighted by Crippen LogP contribution is -2.52. The van der Waals surface area contributed by atoms with Gasteiger partial charge in [0.1, 0.15) is 11.4 Å². The molecule has 0 radical (unpaired) electrons. The van der Waals surface area contributed by atoms with Crippen LogP contribution in [-0.4, -0.2) is 30.1 Å². The highest BCUT2D eigenvalue weighted by molar-refractivity contribution is 5.45. The van der Waals surface area contributed by atoms with Crippen molar-refractivity contribution in [2.75, 3.05) is 19.6 Å². The first-order valence-corrected chi connectivity index (χ1v) is 8.75. The van der Waals surface area contributed by atoms with Crippen molar-refractivity contribution in [3.63, 3.8) is 0 Å². The molecule has 22 heavy (non-hydrogen) atoms. The number of para-hydroxylation sites is 1. The number of aryl methyl sites for hydroxylation is 1. The Bertz CT molecular complexity index is 518. The molecule has 1 saturated heterocycles. The maximum atomic E-state index is 6.68. The number of nitrogens with two attached hydrogens (primary N) is 1. The summed E-state index contributed by atoms with van der Waals surface area (Å²) < 4.78 is 6.40. The van der Waals surface area contributed by atoms with Gasteiger partial charge in [0.05, 0.1) is 0 Å². The molecule has 0 aromatic heterocycles. The second kappa shape index (κ2) is 6.21. The number of ether oxygens (including phenoxy) is 1. The summed E-state index contributed by atoms with van der Waals surface area (Å²) >= 11 is 0. The molecule has 2 aliphatic rings. The minimum atomic E-state index is -0.217. The van der Waals surface area contributed by atoms with Gasteiger partial charge >= 0.3 is 0 Å². The van der Waals surface area contributed by atoms with E-state index in [4.69, 9.17) is 10.5 Å². The average molecular weight is 302 g/mol. The molecule has 3 heteroatoms. The summed E-state index contributed by atoms with van der Waals surface area (Å²) in [7, 11) is 0. The van der Waals surface area contributed by atoms with E-state index in [0.717, 1.165) is 12.3 Å². The first-order valence-electron chi connectivity index (χ1n) is 8.75. The quantitative estimate of drug-likeness (QED) is 0.906. The zero-order valence-corrected chi connectivity index (χ0v) is 14.3. The van der Waals surface area contributed by atoms with Gasteiger partial charge in [-0.1, -0.05) is 31.0 Å². The van der Waals surface area contributed by atoms with Gasteiger partial charge in [-0.25, -0.2) is 0 Å². The van der Waals surface area contributed by atoms with Crippen molar-refractivity contribution < 1.29 is 4.74 Å². The van der Waals surface area contributed by atoms with Crippen LogP contribution in [0.25, 0.3) is 0 Å². The lowest BCUT2D eigenvalue weighted by Gasteiger charge is -2.46. The molecule has 2 atom stereocenters. The fraction of sp³-hybridized carbons (Fsp3) is 0.684. The predicted octanol–water partition coefficient (Wildman–Crippen LogP) is 3.66. The molecule has 3 nitrogen and oxygen atoms in total. The Morgan fingerprint density at radius 2 is 1.86 bits per heavy atom. The van der Waals surface area contributed by atoms with Crippen LogP contribution in [0, 0.1) is 12.8 Å². The van der Waals surface area contributed by atoms with Crippen molar-refractivity contribution >= 4 is 0 Å². The Morgan fingerprint density at radius 3 is 2.55 bits per heavy atom. The maximum Gasteiger partial charge on any atom is 0.127 e. The molecular formula is C19H30N2O. The molecule has 1 aromatic rings. The van der Waals surface area contributed by atoms with Gasteiger partial charge in [0.2, 0.25) is 0 Å². The third kappa shape index (κ3) is 3.02. The van der Waals surface area contributed by atoms with Crippen molar-refractivity contribution in [2.24, 2.45) is 11.7 Å². The average Bonchev–Trinajstić information content (AvgIpc) is 2.73. The van der Waals surface area contributed by atoms with Crippen molar-refractivity contribution in [3.05, 3.63) is 29.3 Å². The Balaban J connectivity index is 1.84. The Hall–Kier alpha value is -1.06. The van der Waals surface area contributed by atoms with Gasteiger partial charge in [-0.05, 0) is 52.3 Å². The number of benzene rings is 1. The normalized spacial score (nSPS) is 28.5. The van der Waals surface area contributed by atoms with E-state index >= 15 is 0 Å². The van der Waals surface area contributed by atoms with Crippen molar-refractivity contribution in [1.82, 2.24) is 4.90 Å². The first kappa shape index (κ1) is 15.8. The lowest BCUT2D eigenvalue weighted by atomic mass is 9.78. The van der Waals surface area contributed by atoms with E-state index in [-0.39, 0.29) is 11.6 Å². The summed E-state index contributed by atoms with van der Waals surface area (Å²) in [6, 6.07) is 6.40. The molecule has 122 valence electrons. The molecule has 0 spiro atoms. The molecule has 1 aromatic carbocycles. The van der Waals surface area contributed by atoms with Crippen LogP contribution in [0.4, 0.5) is 0 Å². The fourth-order valence-electron chi connectivity index (χ4n) is 4.00. The number of hydrogen-bond donors (Lipinski definition) is 1. The number of fused-ring (bicyclic) bond motifs is 1. The SMILES string of the molecule is Cc1cccc2c1OC(C)(C)C(CN1CCCCCC1)C2N. The molecule has 2 heterocycles. The van der Waals surface area contributed by atoms with Crippen LogP contribution in [-0.2, 0) is 0 Å². The van der Waals surface area contributed by atoms with Crippen LogP contribution in [0.15, 0.2) is 18.2 Å². The summed E-state index contributed by atoms with van der Waals surface area (Å²) in [6.45, 7) is 9.97. The highest BCUT2D eigenvalue weighted by Gasteiger charge is 2.43. The maximum absolute atomic E-state index is 6.68. The van der Waals surface area contributed by atoms with Crippen LogP contribution in [0.2, 0.25) is 0 Å². The third-order valence-electron chi connectivity index (χ3n) is 5.45. The molecule has 0 aliphatic carbocycles. The molecule has 0 amide bonds. The first-order chi connectivity index (χ1) is 10.5. The third-order valence-corrected chi connectivity index (χ3v) is 5.45. The van der Waals surface area contributed by atoms with E-state index in [1.54, 1.807) is 0 Å². The lowest BCUT2D eigenvalue weighted by molar-refractivity contribution is -0.00683. The van der Waals surface area contributed by atoms with Crippen LogP contribution in [0.3, 0.4) is 0 Å². The van der Waals surface area contributed by atoms with E-state index < -0.39 is 0 Å². The topological polar surface area (TPSA) is 38.5 Å². The van der Waals surface area contributed by atoms with Crippen LogP contribution >= 0.6 is 0 Å². The summed E-state index contributed by atoms with van der Waals surface area (Å²) in [4.78, 5) is 2.60. The van der Waals surface area contributed by atoms with Crippen molar-refractivity contribution in [2.45, 2.75) is 58.1 Å². The standard InChI is InChI=1S/C19H30N2O/c1-14-9-8-10-15-17(20)16(19(2,3)22-18(14)15)13-21-11-6-4-5-7-12-21/h8-10,16-17H,4-7,11-13,20H2,1-3H3. The Labute approximate surface area is 134 Å². The monoisotopic (exact) mass is 302 g/mol. The number of likely N-dealkylation sites (tertiary alicyclic amines) is 1. The molecule has 2 N–H and O–H groups in total. The van der Waals surface area contributed by atoms with Gasteiger partial charge in [0, 0.05) is 24.1 Å². The molecule has 1 fully saturated rings. The molecular weight excluding hydrogens is 272 g/mol. The zero-order chi connectivity index (χ0) is 15.7. The molecule has 3 rings (SSSR count). The van der Waals surface area contributed by atoms with Crippen LogP contribution < -0.4 is 10.5 Å². The zero-order valence-electron chi connectivity index (χ0n) is 14.3. The smallest absolute Gasteiger partial charge is 0.127 e. The van der Waals surface area contributed by atoms with Crippen LogP contribution in [0.5, 0.6) is 5.75 Å². The molecule has 2 unspecified atom stereocenters. The van der Waals surface area contributed by atoms with Crippen molar-refractivity contribution in [1.29, 1.82) is 0 Å². The Kier molecular flexibility index (Phi) is 4.47. The van der Waals surface area contributed by atoms with Gasteiger partial charge < -0.3 is 15.4 Å². The number of hydrogen-bond acceptors (Lipinski definition) is 3. The summed E-state index contributed by atoms with van der Waals surface area (Å²) in [5.41, 5.74) is 8.84. The van der Waals surface area contributed by atoms with E-state index in [1.165, 1.54) is 49.9 Å². The largest absolute Gasteiger partial charge is 0.487 e. The summed E-state index contributed by atoms with van der Waals surface area (Å²) in [5, 5.41) is 0. The van der Waals surface area contributed by atoms with E-state index in [9.17, 15) is 0 Å². The minimum Gasteiger partial charge on any atom is -0.487 e. The van der Waals surface area contributed by atoms with Gasteiger partial charge in [-0.3, -0.25) is 0 Å². The van der Waals surface area contributed by atoms with Crippen molar-refractivity contribution in [3.8, 4) is 5.75 Å². The van der Waals surface area contributed by atoms with Gasteiger partial charge in [0.15, 0.2) is 0 Å². The van der Waals surface area contributed by atoms with Gasteiger partial charge in [-0.15, -0.1) is 0 Å². The molecule has 0 bridgehead atoms. The molecule has 0 saturated carbocycles.